The van der Waals surface area contributed by atoms with Crippen LogP contribution in [0.4, 0.5) is 18.0 Å². The smallest absolute Gasteiger partial charge is 0.410 e. The van der Waals surface area contributed by atoms with Gasteiger partial charge in [-0.15, -0.1) is 10.2 Å². The quantitative estimate of drug-likeness (QED) is 0.811. The van der Waals surface area contributed by atoms with E-state index < -0.39 is 28.7 Å². The van der Waals surface area contributed by atoms with Crippen LogP contribution in [0, 0.1) is 5.92 Å². The molecule has 0 aromatic carbocycles. The molecule has 1 aromatic heterocycles. The fourth-order valence-corrected chi connectivity index (χ4v) is 3.64. The van der Waals surface area contributed by atoms with Crippen molar-refractivity contribution in [2.24, 2.45) is 5.92 Å². The number of nitrogens with zero attached hydrogens (tertiary/aromatic N) is 3. The van der Waals surface area contributed by atoms with Crippen molar-refractivity contribution < 1.29 is 27.1 Å². The zero-order valence-electron chi connectivity index (χ0n) is 14.3. The Kier molecular flexibility index (Phi) is 3.11. The Bertz CT molecular complexity index is 720. The minimum atomic E-state index is -4.38. The van der Waals surface area contributed by atoms with Gasteiger partial charge < -0.3 is 14.1 Å². The monoisotopic (exact) mass is 359 g/mol. The number of rotatable bonds is 2. The van der Waals surface area contributed by atoms with Gasteiger partial charge in [0, 0.05) is 13.1 Å². The van der Waals surface area contributed by atoms with E-state index in [4.69, 9.17) is 9.15 Å². The third kappa shape index (κ3) is 2.50. The van der Waals surface area contributed by atoms with Crippen LogP contribution in [0.5, 0.6) is 0 Å². The van der Waals surface area contributed by atoms with Gasteiger partial charge in [0.25, 0.3) is 0 Å². The number of likely N-dealkylation sites (tertiary alicyclic amines) is 1. The van der Waals surface area contributed by atoms with Crippen LogP contribution in [-0.4, -0.2) is 46.1 Å². The first-order chi connectivity index (χ1) is 11.5. The highest BCUT2D eigenvalue weighted by atomic mass is 19.4. The van der Waals surface area contributed by atoms with Crippen molar-refractivity contribution in [1.29, 1.82) is 0 Å². The average Bonchev–Trinajstić information content (AvgIpc) is 3.32. The number of alkyl halides is 3. The standard InChI is InChI=1S/C16H20F3N3O3/c1-13(2,3)25-12(23)22-7-9-6-14(9,8-22)10-20-21-11(24-10)15(4-5-15)16(17,18)19/h9H,4-8H2,1-3H3. The summed E-state index contributed by atoms with van der Waals surface area (Å²) in [5.74, 6) is 0.00850. The van der Waals surface area contributed by atoms with E-state index in [0.717, 1.165) is 6.42 Å². The molecule has 2 aliphatic carbocycles. The summed E-state index contributed by atoms with van der Waals surface area (Å²) in [6.07, 6.45) is -4.09. The largest absolute Gasteiger partial charge is 0.444 e. The first-order valence-corrected chi connectivity index (χ1v) is 8.36. The van der Waals surface area contributed by atoms with Gasteiger partial charge in [-0.3, -0.25) is 0 Å². The van der Waals surface area contributed by atoms with Crippen molar-refractivity contribution in [2.45, 2.75) is 62.6 Å². The second kappa shape index (κ2) is 4.67. The summed E-state index contributed by atoms with van der Waals surface area (Å²) in [5, 5.41) is 7.60. The van der Waals surface area contributed by atoms with Gasteiger partial charge in [-0.25, -0.2) is 4.79 Å². The molecule has 2 saturated carbocycles. The molecular formula is C16H20F3N3O3. The second-order valence-corrected chi connectivity index (χ2v) is 8.41. The Labute approximate surface area is 142 Å². The van der Waals surface area contributed by atoms with Gasteiger partial charge in [0.05, 0.1) is 5.41 Å². The lowest BCUT2D eigenvalue weighted by Crippen LogP contribution is -2.37. The molecule has 2 heterocycles. The molecule has 1 amide bonds. The molecule has 6 nitrogen and oxygen atoms in total. The topological polar surface area (TPSA) is 68.5 Å². The Morgan fingerprint density at radius 1 is 1.24 bits per heavy atom. The average molecular weight is 359 g/mol. The van der Waals surface area contributed by atoms with Crippen molar-refractivity contribution in [3.63, 3.8) is 0 Å². The van der Waals surface area contributed by atoms with Crippen molar-refractivity contribution in [3.05, 3.63) is 11.8 Å². The summed E-state index contributed by atoms with van der Waals surface area (Å²) in [7, 11) is 0. The lowest BCUT2D eigenvalue weighted by molar-refractivity contribution is -0.165. The molecule has 1 aromatic rings. The van der Waals surface area contributed by atoms with Crippen LogP contribution in [0.1, 0.15) is 51.8 Å². The number of hydrogen-bond donors (Lipinski definition) is 0. The zero-order valence-corrected chi connectivity index (χ0v) is 14.3. The number of carbonyl (C=O) groups excluding carboxylic acids is 1. The van der Waals surface area contributed by atoms with Crippen LogP contribution in [0.25, 0.3) is 0 Å². The summed E-state index contributed by atoms with van der Waals surface area (Å²) in [6, 6.07) is 0. The van der Waals surface area contributed by atoms with Crippen molar-refractivity contribution >= 4 is 6.09 Å². The number of piperidine rings is 1. The number of carbonyl (C=O) groups is 1. The SMILES string of the molecule is CC(C)(C)OC(=O)N1CC2CC2(c2nnc(C3(C(F)(F)F)CC3)o2)C1. The molecule has 2 unspecified atom stereocenters. The fraction of sp³-hybridized carbons (Fsp3) is 0.812. The van der Waals surface area contributed by atoms with E-state index in [-0.39, 0.29) is 30.5 Å². The minimum Gasteiger partial charge on any atom is -0.444 e. The lowest BCUT2D eigenvalue weighted by Gasteiger charge is -2.25. The van der Waals surface area contributed by atoms with Crippen molar-refractivity contribution in [2.75, 3.05) is 13.1 Å². The Balaban J connectivity index is 1.50. The van der Waals surface area contributed by atoms with E-state index in [0.29, 0.717) is 13.1 Å². The first kappa shape index (κ1) is 16.7. The van der Waals surface area contributed by atoms with Gasteiger partial charge in [0.2, 0.25) is 11.8 Å². The Morgan fingerprint density at radius 3 is 2.44 bits per heavy atom. The number of halogens is 3. The summed E-state index contributed by atoms with van der Waals surface area (Å²) >= 11 is 0. The molecule has 0 radical (unpaired) electrons. The van der Waals surface area contributed by atoms with E-state index in [1.165, 1.54) is 0 Å². The minimum absolute atomic E-state index is 0.0153. The molecule has 3 fully saturated rings. The summed E-state index contributed by atoms with van der Waals surface area (Å²) in [4.78, 5) is 13.8. The number of hydrogen-bond acceptors (Lipinski definition) is 5. The van der Waals surface area contributed by atoms with Crippen LogP contribution >= 0.6 is 0 Å². The molecule has 0 N–H and O–H groups in total. The van der Waals surface area contributed by atoms with Crippen molar-refractivity contribution in [3.8, 4) is 0 Å². The molecule has 3 aliphatic rings. The van der Waals surface area contributed by atoms with E-state index in [2.05, 4.69) is 10.2 Å². The van der Waals surface area contributed by atoms with E-state index in [9.17, 15) is 18.0 Å². The van der Waals surface area contributed by atoms with Gasteiger partial charge in [-0.1, -0.05) is 0 Å². The molecule has 1 aliphatic heterocycles. The fourth-order valence-electron chi connectivity index (χ4n) is 3.64. The normalized spacial score (nSPS) is 30.2. The van der Waals surface area contributed by atoms with E-state index in [1.807, 2.05) is 0 Å². The molecule has 1 saturated heterocycles. The van der Waals surface area contributed by atoms with Gasteiger partial charge in [0.1, 0.15) is 11.0 Å². The molecule has 138 valence electrons. The molecular weight excluding hydrogens is 339 g/mol. The number of aromatic nitrogens is 2. The number of amides is 1. The van der Waals surface area contributed by atoms with E-state index in [1.54, 1.807) is 25.7 Å². The highest BCUT2D eigenvalue weighted by molar-refractivity contribution is 5.69. The highest BCUT2D eigenvalue weighted by Crippen LogP contribution is 2.61. The number of ether oxygens (including phenoxy) is 1. The molecule has 4 rings (SSSR count). The van der Waals surface area contributed by atoms with Gasteiger partial charge in [-0.2, -0.15) is 13.2 Å². The van der Waals surface area contributed by atoms with Crippen LogP contribution in [0.15, 0.2) is 4.42 Å². The predicted octanol–water partition coefficient (Wildman–Crippen LogP) is 3.17. The second-order valence-electron chi connectivity index (χ2n) is 8.41. The maximum absolute atomic E-state index is 13.2. The van der Waals surface area contributed by atoms with Gasteiger partial charge in [-0.05, 0) is 46.0 Å². The van der Waals surface area contributed by atoms with Crippen LogP contribution in [-0.2, 0) is 15.6 Å². The molecule has 9 heteroatoms. The van der Waals surface area contributed by atoms with Crippen LogP contribution in [0.2, 0.25) is 0 Å². The molecule has 25 heavy (non-hydrogen) atoms. The van der Waals surface area contributed by atoms with E-state index >= 15 is 0 Å². The third-order valence-electron chi connectivity index (χ3n) is 5.35. The van der Waals surface area contributed by atoms with Crippen molar-refractivity contribution in [1.82, 2.24) is 15.1 Å². The Morgan fingerprint density at radius 2 is 1.88 bits per heavy atom. The lowest BCUT2D eigenvalue weighted by atomic mass is 10.1. The Hall–Kier alpha value is -1.80. The summed E-state index contributed by atoms with van der Waals surface area (Å²) in [6.45, 7) is 6.19. The summed E-state index contributed by atoms with van der Waals surface area (Å²) in [5.41, 5.74) is -3.08. The van der Waals surface area contributed by atoms with Crippen LogP contribution < -0.4 is 0 Å². The predicted molar refractivity (Wildman–Crippen MR) is 78.9 cm³/mol. The molecule has 0 spiro atoms. The highest BCUT2D eigenvalue weighted by Gasteiger charge is 2.70. The van der Waals surface area contributed by atoms with Gasteiger partial charge >= 0.3 is 12.3 Å². The number of fused-ring (bicyclic) bond motifs is 1. The molecule has 2 atom stereocenters. The maximum atomic E-state index is 13.2. The maximum Gasteiger partial charge on any atom is 0.410 e. The molecule has 0 bridgehead atoms. The van der Waals surface area contributed by atoms with Gasteiger partial charge in [0.15, 0.2) is 0 Å². The summed E-state index contributed by atoms with van der Waals surface area (Å²) < 4.78 is 50.4. The van der Waals surface area contributed by atoms with Crippen LogP contribution in [0.3, 0.4) is 0 Å². The first-order valence-electron chi connectivity index (χ1n) is 8.36. The zero-order chi connectivity index (χ0) is 18.3. The third-order valence-corrected chi connectivity index (χ3v) is 5.35.